The van der Waals surface area contributed by atoms with Crippen LogP contribution in [0.3, 0.4) is 0 Å². The van der Waals surface area contributed by atoms with Gasteiger partial charge in [0.1, 0.15) is 0 Å². The molecule has 0 radical (unpaired) electrons. The van der Waals surface area contributed by atoms with Gasteiger partial charge in [-0.15, -0.1) is 0 Å². The molecule has 1 aliphatic heterocycles. The Bertz CT molecular complexity index is 491. The summed E-state index contributed by atoms with van der Waals surface area (Å²) in [4.78, 5) is 0. The highest BCUT2D eigenvalue weighted by molar-refractivity contribution is 5.44. The molecule has 0 fully saturated rings. The van der Waals surface area contributed by atoms with Crippen LogP contribution in [0.1, 0.15) is 38.7 Å². The van der Waals surface area contributed by atoms with Crippen LogP contribution in [0.15, 0.2) is 18.2 Å². The van der Waals surface area contributed by atoms with Gasteiger partial charge in [-0.2, -0.15) is 5.26 Å². The van der Waals surface area contributed by atoms with Gasteiger partial charge in [-0.3, -0.25) is 0 Å². The van der Waals surface area contributed by atoms with E-state index in [9.17, 15) is 0 Å². The van der Waals surface area contributed by atoms with Crippen molar-refractivity contribution >= 4 is 0 Å². The molecule has 0 bridgehead atoms. The van der Waals surface area contributed by atoms with Crippen LogP contribution >= 0.6 is 0 Å². The van der Waals surface area contributed by atoms with Crippen molar-refractivity contribution in [3.05, 3.63) is 23.8 Å². The summed E-state index contributed by atoms with van der Waals surface area (Å²) in [5, 5.41) is 8.92. The fourth-order valence-electron chi connectivity index (χ4n) is 2.05. The van der Waals surface area contributed by atoms with Crippen molar-refractivity contribution < 1.29 is 14.2 Å². The van der Waals surface area contributed by atoms with Gasteiger partial charge in [0.05, 0.1) is 18.1 Å². The highest BCUT2D eigenvalue weighted by Gasteiger charge is 2.15. The Morgan fingerprint density at radius 1 is 1.25 bits per heavy atom. The lowest BCUT2D eigenvalue weighted by Gasteiger charge is -2.14. The Kier molecular flexibility index (Phi) is 4.86. The Balaban J connectivity index is 1.63. The Labute approximate surface area is 120 Å². The first-order valence-corrected chi connectivity index (χ1v) is 6.98. The van der Waals surface area contributed by atoms with E-state index in [1.54, 1.807) is 0 Å². The van der Waals surface area contributed by atoms with Crippen molar-refractivity contribution in [3.8, 4) is 17.6 Å². The van der Waals surface area contributed by atoms with Crippen LogP contribution in [0.2, 0.25) is 0 Å². The predicted molar refractivity (Wildman–Crippen MR) is 75.5 cm³/mol. The highest BCUT2D eigenvalue weighted by Crippen LogP contribution is 2.32. The van der Waals surface area contributed by atoms with Crippen molar-refractivity contribution in [1.29, 1.82) is 5.26 Å². The zero-order valence-corrected chi connectivity index (χ0v) is 12.1. The van der Waals surface area contributed by atoms with Gasteiger partial charge in [0.25, 0.3) is 0 Å². The first-order chi connectivity index (χ1) is 9.61. The molecule has 0 atom stereocenters. The number of nitrogens with zero attached hydrogens (tertiary/aromatic N) is 1. The predicted octanol–water partition coefficient (Wildman–Crippen LogP) is 3.65. The van der Waals surface area contributed by atoms with Crippen molar-refractivity contribution in [3.63, 3.8) is 0 Å². The first-order valence-electron chi connectivity index (χ1n) is 6.98. The van der Waals surface area contributed by atoms with Crippen LogP contribution in [-0.2, 0) is 11.3 Å². The number of fused-ring (bicyclic) bond motifs is 1. The van der Waals surface area contributed by atoms with Gasteiger partial charge in [0.15, 0.2) is 11.5 Å². The van der Waals surface area contributed by atoms with E-state index in [4.69, 9.17) is 19.5 Å². The van der Waals surface area contributed by atoms with E-state index in [1.165, 1.54) is 0 Å². The van der Waals surface area contributed by atoms with Crippen molar-refractivity contribution in [2.24, 2.45) is 5.41 Å². The number of rotatable bonds is 7. The zero-order valence-electron chi connectivity index (χ0n) is 12.1. The summed E-state index contributed by atoms with van der Waals surface area (Å²) in [6.07, 6.45) is 2.91. The second-order valence-corrected chi connectivity index (χ2v) is 5.69. The lowest BCUT2D eigenvalue weighted by atomic mass is 9.89. The number of hydrogen-bond acceptors (Lipinski definition) is 4. The molecule has 4 heteroatoms. The van der Waals surface area contributed by atoms with E-state index in [-0.39, 0.29) is 5.41 Å². The Morgan fingerprint density at radius 2 is 2.05 bits per heavy atom. The molecule has 0 saturated carbocycles. The van der Waals surface area contributed by atoms with Gasteiger partial charge in [-0.1, -0.05) is 6.07 Å². The molecule has 0 N–H and O–H groups in total. The lowest BCUT2D eigenvalue weighted by molar-refractivity contribution is 0.115. The van der Waals surface area contributed by atoms with Gasteiger partial charge < -0.3 is 14.2 Å². The van der Waals surface area contributed by atoms with E-state index in [1.807, 2.05) is 32.0 Å². The molecule has 1 aromatic rings. The highest BCUT2D eigenvalue weighted by atomic mass is 16.7. The average molecular weight is 275 g/mol. The van der Waals surface area contributed by atoms with Crippen LogP contribution in [-0.4, -0.2) is 13.4 Å². The summed E-state index contributed by atoms with van der Waals surface area (Å²) >= 11 is 0. The maximum absolute atomic E-state index is 8.92. The van der Waals surface area contributed by atoms with Crippen LogP contribution in [0.5, 0.6) is 11.5 Å². The number of benzene rings is 1. The summed E-state index contributed by atoms with van der Waals surface area (Å²) in [5.74, 6) is 1.59. The fourth-order valence-corrected chi connectivity index (χ4v) is 2.05. The van der Waals surface area contributed by atoms with E-state index < -0.39 is 0 Å². The van der Waals surface area contributed by atoms with Crippen LogP contribution in [0, 0.1) is 16.7 Å². The Hall–Kier alpha value is -1.73. The summed E-state index contributed by atoms with van der Waals surface area (Å²) in [7, 11) is 0. The summed E-state index contributed by atoms with van der Waals surface area (Å²) in [6.45, 7) is 5.55. The molecule has 0 amide bonds. The molecule has 0 unspecified atom stereocenters. The van der Waals surface area contributed by atoms with Gasteiger partial charge in [0.2, 0.25) is 6.79 Å². The van der Waals surface area contributed by atoms with Crippen LogP contribution in [0.25, 0.3) is 0 Å². The van der Waals surface area contributed by atoms with Crippen LogP contribution < -0.4 is 9.47 Å². The molecule has 0 saturated heterocycles. The van der Waals surface area contributed by atoms with Crippen molar-refractivity contribution in [2.75, 3.05) is 13.4 Å². The second-order valence-electron chi connectivity index (χ2n) is 5.69. The van der Waals surface area contributed by atoms with Gasteiger partial charge in [-0.05, 0) is 50.8 Å². The third-order valence-corrected chi connectivity index (χ3v) is 3.35. The number of unbranched alkanes of at least 4 members (excludes halogenated alkanes) is 1. The average Bonchev–Trinajstić information content (AvgIpc) is 2.90. The van der Waals surface area contributed by atoms with Crippen molar-refractivity contribution in [1.82, 2.24) is 0 Å². The summed E-state index contributed by atoms with van der Waals surface area (Å²) in [5.41, 5.74) is 0.865. The van der Waals surface area contributed by atoms with E-state index in [0.717, 1.165) is 42.9 Å². The molecule has 1 aromatic carbocycles. The standard InChI is InChI=1S/C16H21NO3/c1-16(2,11-17)7-3-4-8-18-10-13-5-6-14-15(9-13)20-12-19-14/h5-6,9H,3-4,7-8,10,12H2,1-2H3. The van der Waals surface area contributed by atoms with Crippen LogP contribution in [0.4, 0.5) is 0 Å². The minimum absolute atomic E-state index is 0.225. The van der Waals surface area contributed by atoms with Crippen molar-refractivity contribution in [2.45, 2.75) is 39.7 Å². The minimum Gasteiger partial charge on any atom is -0.454 e. The normalized spacial score (nSPS) is 13.2. The summed E-state index contributed by atoms with van der Waals surface area (Å²) < 4.78 is 16.2. The topological polar surface area (TPSA) is 51.5 Å². The number of ether oxygens (including phenoxy) is 3. The van der Waals surface area contributed by atoms with E-state index in [0.29, 0.717) is 13.4 Å². The molecule has 0 spiro atoms. The van der Waals surface area contributed by atoms with E-state index in [2.05, 4.69) is 6.07 Å². The lowest BCUT2D eigenvalue weighted by Crippen LogP contribution is -2.07. The fraction of sp³-hybridized carbons (Fsp3) is 0.562. The molecule has 1 aliphatic rings. The molecular weight excluding hydrogens is 254 g/mol. The second kappa shape index (κ2) is 6.62. The zero-order chi connectivity index (χ0) is 14.4. The Morgan fingerprint density at radius 3 is 2.85 bits per heavy atom. The maximum atomic E-state index is 8.92. The third kappa shape index (κ3) is 4.14. The quantitative estimate of drug-likeness (QED) is 0.713. The largest absolute Gasteiger partial charge is 0.454 e. The molecule has 4 nitrogen and oxygen atoms in total. The monoisotopic (exact) mass is 275 g/mol. The maximum Gasteiger partial charge on any atom is 0.231 e. The number of hydrogen-bond donors (Lipinski definition) is 0. The molecule has 108 valence electrons. The molecule has 20 heavy (non-hydrogen) atoms. The third-order valence-electron chi connectivity index (χ3n) is 3.35. The first kappa shape index (κ1) is 14.7. The molecular formula is C16H21NO3. The van der Waals surface area contributed by atoms with Gasteiger partial charge in [0, 0.05) is 6.61 Å². The SMILES string of the molecule is CC(C)(C#N)CCCCOCc1ccc2c(c1)OCO2. The molecule has 2 rings (SSSR count). The van der Waals surface area contributed by atoms with E-state index >= 15 is 0 Å². The smallest absolute Gasteiger partial charge is 0.231 e. The molecule has 0 aromatic heterocycles. The number of nitriles is 1. The van der Waals surface area contributed by atoms with Gasteiger partial charge in [-0.25, -0.2) is 0 Å². The van der Waals surface area contributed by atoms with Gasteiger partial charge >= 0.3 is 0 Å². The molecule has 1 heterocycles. The minimum atomic E-state index is -0.225. The molecule has 0 aliphatic carbocycles. The summed E-state index contributed by atoms with van der Waals surface area (Å²) in [6, 6.07) is 8.18.